The van der Waals surface area contributed by atoms with Gasteiger partial charge in [-0.15, -0.1) is 0 Å². The number of carboxylic acid groups (broad SMARTS) is 1. The number of aliphatic hydroxyl groups is 1. The number of Topliss-reactive ketones (excluding diaryl/α,β-unsaturated/α-hetero) is 1. The van der Waals surface area contributed by atoms with Crippen molar-refractivity contribution in [2.45, 2.75) is 12.0 Å². The van der Waals surface area contributed by atoms with E-state index in [2.05, 4.69) is 15.9 Å². The molecule has 88 valence electrons. The van der Waals surface area contributed by atoms with Crippen LogP contribution < -0.4 is 5.11 Å². The molecule has 15 heavy (non-hydrogen) atoms. The van der Waals surface area contributed by atoms with Crippen molar-refractivity contribution < 1.29 is 24.3 Å². The Balaban J connectivity index is 4.86. The first-order valence-corrected chi connectivity index (χ1v) is 5.55. The van der Waals surface area contributed by atoms with Crippen LogP contribution in [0.3, 0.4) is 0 Å². The lowest BCUT2D eigenvalue weighted by molar-refractivity contribution is -0.875. The minimum Gasteiger partial charge on any atom is -0.550 e. The number of rotatable bonds is 6. The van der Waals surface area contributed by atoms with Gasteiger partial charge in [0.05, 0.1) is 26.5 Å². The molecule has 5 nitrogen and oxygen atoms in total. The molecule has 1 N–H and O–H groups in total. The van der Waals surface area contributed by atoms with E-state index in [1.54, 1.807) is 21.1 Å². The monoisotopic (exact) mass is 281 g/mol. The fourth-order valence-corrected chi connectivity index (χ4v) is 1.91. The van der Waals surface area contributed by atoms with Crippen LogP contribution in [0.5, 0.6) is 0 Å². The van der Waals surface area contributed by atoms with Gasteiger partial charge >= 0.3 is 0 Å². The number of carbonyl (C=O) groups is 2. The fraction of sp³-hybridized carbons (Fsp3) is 0.778. The van der Waals surface area contributed by atoms with Crippen LogP contribution in [0.4, 0.5) is 0 Å². The van der Waals surface area contributed by atoms with Gasteiger partial charge in [-0.1, -0.05) is 15.9 Å². The molecule has 0 aromatic heterocycles. The molecule has 0 saturated carbocycles. The second-order valence-electron chi connectivity index (χ2n) is 4.59. The van der Waals surface area contributed by atoms with Crippen molar-refractivity contribution in [1.82, 2.24) is 0 Å². The standard InChI is InChI=1S/C9H16BrNO4/c1-11(2,3)6-9(15,4-8(13)14)7(12)5-10/h15H,4-6H2,1-3H3/t9-/m1/s1. The van der Waals surface area contributed by atoms with Crippen LogP contribution in [0.15, 0.2) is 0 Å². The summed E-state index contributed by atoms with van der Waals surface area (Å²) in [5, 5.41) is 20.4. The Kier molecular flexibility index (Phi) is 4.89. The molecule has 0 aromatic rings. The number of halogens is 1. The maximum absolute atomic E-state index is 11.4. The zero-order chi connectivity index (χ0) is 12.3. The molecular weight excluding hydrogens is 266 g/mol. The van der Waals surface area contributed by atoms with Crippen molar-refractivity contribution in [3.8, 4) is 0 Å². The lowest BCUT2D eigenvalue weighted by atomic mass is 9.94. The second kappa shape index (κ2) is 5.05. The number of aliphatic carboxylic acids is 1. The van der Waals surface area contributed by atoms with Crippen LogP contribution in [-0.2, 0) is 9.59 Å². The number of ketones is 1. The summed E-state index contributed by atoms with van der Waals surface area (Å²) in [5.74, 6) is -1.97. The molecule has 0 radical (unpaired) electrons. The van der Waals surface area contributed by atoms with Crippen molar-refractivity contribution in [2.75, 3.05) is 33.0 Å². The van der Waals surface area contributed by atoms with Crippen LogP contribution in [0.1, 0.15) is 6.42 Å². The van der Waals surface area contributed by atoms with E-state index in [1.165, 1.54) is 0 Å². The quantitative estimate of drug-likeness (QED) is 0.476. The third-order valence-corrected chi connectivity index (χ3v) is 2.32. The molecule has 1 atom stereocenters. The van der Waals surface area contributed by atoms with E-state index in [0.717, 1.165) is 0 Å². The van der Waals surface area contributed by atoms with Gasteiger partial charge in [-0.3, -0.25) is 4.79 Å². The predicted molar refractivity (Wildman–Crippen MR) is 56.3 cm³/mol. The van der Waals surface area contributed by atoms with E-state index in [0.29, 0.717) is 4.48 Å². The molecule has 0 saturated heterocycles. The zero-order valence-corrected chi connectivity index (χ0v) is 10.7. The summed E-state index contributed by atoms with van der Waals surface area (Å²) in [4.78, 5) is 21.9. The van der Waals surface area contributed by atoms with E-state index in [9.17, 15) is 19.8 Å². The number of carboxylic acids is 1. The van der Waals surface area contributed by atoms with Crippen molar-refractivity contribution in [2.24, 2.45) is 0 Å². The molecule has 0 heterocycles. The maximum Gasteiger partial charge on any atom is 0.181 e. The Morgan fingerprint density at radius 3 is 2.13 bits per heavy atom. The molecule has 0 unspecified atom stereocenters. The smallest absolute Gasteiger partial charge is 0.181 e. The van der Waals surface area contributed by atoms with Gasteiger partial charge in [0.25, 0.3) is 0 Å². The predicted octanol–water partition coefficient (Wildman–Crippen LogP) is -1.47. The molecule has 0 rings (SSSR count). The average Bonchev–Trinajstić information content (AvgIpc) is 1.97. The minimum atomic E-state index is -1.86. The van der Waals surface area contributed by atoms with E-state index in [4.69, 9.17) is 0 Å². The Morgan fingerprint density at radius 1 is 1.40 bits per heavy atom. The van der Waals surface area contributed by atoms with Crippen LogP contribution >= 0.6 is 15.9 Å². The number of quaternary nitrogens is 1. The normalized spacial score (nSPS) is 15.8. The number of hydrogen-bond donors (Lipinski definition) is 1. The summed E-state index contributed by atoms with van der Waals surface area (Å²) in [6.07, 6.45) is -0.674. The maximum atomic E-state index is 11.4. The zero-order valence-electron chi connectivity index (χ0n) is 9.12. The Hall–Kier alpha value is -0.460. The van der Waals surface area contributed by atoms with Crippen LogP contribution in [0, 0.1) is 0 Å². The topological polar surface area (TPSA) is 77.4 Å². The summed E-state index contributed by atoms with van der Waals surface area (Å²) in [5.41, 5.74) is -1.86. The summed E-state index contributed by atoms with van der Waals surface area (Å²) in [7, 11) is 5.30. The van der Waals surface area contributed by atoms with Gasteiger partial charge in [0.2, 0.25) is 0 Å². The summed E-state index contributed by atoms with van der Waals surface area (Å²) in [6.45, 7) is 0.0331. The highest BCUT2D eigenvalue weighted by Crippen LogP contribution is 2.16. The fourth-order valence-electron chi connectivity index (χ4n) is 1.39. The summed E-state index contributed by atoms with van der Waals surface area (Å²) >= 11 is 2.92. The first kappa shape index (κ1) is 14.5. The molecular formula is C9H16BrNO4. The third kappa shape index (κ3) is 5.25. The van der Waals surface area contributed by atoms with E-state index >= 15 is 0 Å². The number of hydrogen-bond acceptors (Lipinski definition) is 4. The number of alkyl halides is 1. The average molecular weight is 282 g/mol. The van der Waals surface area contributed by atoms with Gasteiger partial charge in [-0.05, 0) is 0 Å². The van der Waals surface area contributed by atoms with Gasteiger partial charge in [0.15, 0.2) is 11.4 Å². The van der Waals surface area contributed by atoms with Crippen molar-refractivity contribution >= 4 is 27.7 Å². The second-order valence-corrected chi connectivity index (χ2v) is 5.15. The van der Waals surface area contributed by atoms with Gasteiger partial charge < -0.3 is 19.5 Å². The Morgan fingerprint density at radius 2 is 1.87 bits per heavy atom. The Labute approximate surface area is 97.4 Å². The molecule has 0 spiro atoms. The first-order valence-electron chi connectivity index (χ1n) is 4.43. The summed E-state index contributed by atoms with van der Waals surface area (Å²) in [6, 6.07) is 0. The van der Waals surface area contributed by atoms with Gasteiger partial charge in [-0.2, -0.15) is 0 Å². The minimum absolute atomic E-state index is 0.0331. The molecule has 0 aliphatic rings. The van der Waals surface area contributed by atoms with Gasteiger partial charge in [0.1, 0.15) is 6.54 Å². The van der Waals surface area contributed by atoms with Crippen molar-refractivity contribution in [1.29, 1.82) is 0 Å². The number of nitrogens with zero attached hydrogens (tertiary/aromatic N) is 1. The molecule has 0 fully saturated rings. The van der Waals surface area contributed by atoms with E-state index in [-0.39, 0.29) is 11.9 Å². The van der Waals surface area contributed by atoms with E-state index < -0.39 is 23.8 Å². The first-order chi connectivity index (χ1) is 6.60. The highest BCUT2D eigenvalue weighted by atomic mass is 79.9. The number of carbonyl (C=O) groups excluding carboxylic acids is 2. The third-order valence-electron chi connectivity index (χ3n) is 1.81. The van der Waals surface area contributed by atoms with Crippen LogP contribution in [-0.4, -0.2) is 60.0 Å². The van der Waals surface area contributed by atoms with Crippen LogP contribution in [0.25, 0.3) is 0 Å². The molecule has 0 bridgehead atoms. The van der Waals surface area contributed by atoms with Gasteiger partial charge in [0, 0.05) is 12.4 Å². The lowest BCUT2D eigenvalue weighted by Crippen LogP contribution is -2.56. The SMILES string of the molecule is C[N+](C)(C)C[C@](O)(CC(=O)[O-])C(=O)CBr. The molecule has 0 aromatic carbocycles. The molecule has 0 aliphatic heterocycles. The van der Waals surface area contributed by atoms with E-state index in [1.807, 2.05) is 0 Å². The van der Waals surface area contributed by atoms with Gasteiger partial charge in [-0.25, -0.2) is 0 Å². The van der Waals surface area contributed by atoms with Crippen molar-refractivity contribution in [3.05, 3.63) is 0 Å². The summed E-state index contributed by atoms with van der Waals surface area (Å²) < 4.78 is 0.294. The van der Waals surface area contributed by atoms with Crippen molar-refractivity contribution in [3.63, 3.8) is 0 Å². The highest BCUT2D eigenvalue weighted by Gasteiger charge is 2.40. The largest absolute Gasteiger partial charge is 0.550 e. The highest BCUT2D eigenvalue weighted by molar-refractivity contribution is 9.09. The Bertz CT molecular complexity index is 261. The lowest BCUT2D eigenvalue weighted by Gasteiger charge is -2.34. The molecule has 0 aliphatic carbocycles. The molecule has 6 heteroatoms. The van der Waals surface area contributed by atoms with Crippen LogP contribution in [0.2, 0.25) is 0 Å². The molecule has 0 amide bonds. The number of likely N-dealkylation sites (N-methyl/N-ethyl adjacent to an activating group) is 1.